The Kier molecular flexibility index (Phi) is 9.45. The van der Waals surface area contributed by atoms with Crippen molar-refractivity contribution in [2.24, 2.45) is 0 Å². The van der Waals surface area contributed by atoms with Crippen molar-refractivity contribution < 1.29 is 19.1 Å². The molecule has 4 rings (SSSR count). The summed E-state index contributed by atoms with van der Waals surface area (Å²) in [5.41, 5.74) is 4.44. The molecule has 1 saturated heterocycles. The Labute approximate surface area is 251 Å². The molecule has 0 radical (unpaired) electrons. The van der Waals surface area contributed by atoms with Crippen LogP contribution in [0.1, 0.15) is 11.1 Å². The van der Waals surface area contributed by atoms with Gasteiger partial charge in [0.25, 0.3) is 5.91 Å². The number of thioether (sulfide) groups is 1. The minimum atomic E-state index is -0.674. The van der Waals surface area contributed by atoms with Crippen LogP contribution in [0.2, 0.25) is 15.1 Å². The van der Waals surface area contributed by atoms with Gasteiger partial charge in [0, 0.05) is 10.7 Å². The Morgan fingerprint density at radius 1 is 1.11 bits per heavy atom. The monoisotopic (exact) mass is 671 g/mol. The highest BCUT2D eigenvalue weighted by molar-refractivity contribution is 9.10. The van der Waals surface area contributed by atoms with E-state index in [1.54, 1.807) is 42.5 Å². The molecule has 3 aromatic rings. The van der Waals surface area contributed by atoms with Gasteiger partial charge in [0.1, 0.15) is 6.61 Å². The summed E-state index contributed by atoms with van der Waals surface area (Å²) in [4.78, 5) is 25.7. The molecular weight excluding hydrogens is 657 g/mol. The molecule has 1 heterocycles. The van der Waals surface area contributed by atoms with Crippen LogP contribution < -0.4 is 20.2 Å². The third-order valence-electron chi connectivity index (χ3n) is 5.03. The molecule has 0 spiro atoms. The van der Waals surface area contributed by atoms with Crippen LogP contribution in [0, 0.1) is 0 Å². The van der Waals surface area contributed by atoms with Gasteiger partial charge in [-0.2, -0.15) is 5.01 Å². The second-order valence-corrected chi connectivity index (χ2v) is 11.4. The van der Waals surface area contributed by atoms with E-state index in [1.165, 1.54) is 13.2 Å². The molecule has 1 aliphatic rings. The highest BCUT2D eigenvalue weighted by Crippen LogP contribution is 2.39. The van der Waals surface area contributed by atoms with Gasteiger partial charge in [-0.05, 0) is 87.8 Å². The maximum atomic E-state index is 13.0. The molecule has 0 bridgehead atoms. The normalized spacial score (nSPS) is 14.1. The third kappa shape index (κ3) is 6.93. The summed E-state index contributed by atoms with van der Waals surface area (Å²) in [5.74, 6) is 0.490. The number of halogens is 4. The molecule has 3 amide bonds. The Hall–Kier alpha value is -2.47. The second kappa shape index (κ2) is 12.6. The summed E-state index contributed by atoms with van der Waals surface area (Å²) in [6.45, 7) is 0.306. The smallest absolute Gasteiger partial charge is 0.338 e. The van der Waals surface area contributed by atoms with E-state index in [0.29, 0.717) is 48.8 Å². The van der Waals surface area contributed by atoms with Crippen LogP contribution in [-0.4, -0.2) is 28.4 Å². The number of anilines is 1. The number of carbonyl (C=O) groups is 2. The van der Waals surface area contributed by atoms with Gasteiger partial charge < -0.3 is 14.8 Å². The first-order chi connectivity index (χ1) is 18.1. The van der Waals surface area contributed by atoms with Crippen molar-refractivity contribution in [3.8, 4) is 11.5 Å². The van der Waals surface area contributed by atoms with Crippen molar-refractivity contribution in [3.63, 3.8) is 0 Å². The number of hydrogen-bond acceptors (Lipinski definition) is 6. The number of nitrogens with zero attached hydrogens (tertiary/aromatic N) is 1. The molecule has 38 heavy (non-hydrogen) atoms. The molecule has 2 N–H and O–H groups in total. The number of benzene rings is 3. The molecular formula is C25H17BrCl3N3O4S2. The summed E-state index contributed by atoms with van der Waals surface area (Å²) < 4.78 is 12.3. The quantitative estimate of drug-likeness (QED) is 0.196. The Bertz CT molecular complexity index is 1450. The Morgan fingerprint density at radius 2 is 1.84 bits per heavy atom. The Balaban J connectivity index is 1.46. The number of nitrogens with one attached hydrogen (secondary N) is 2. The van der Waals surface area contributed by atoms with E-state index in [4.69, 9.17) is 56.5 Å². The van der Waals surface area contributed by atoms with E-state index >= 15 is 0 Å². The second-order valence-electron chi connectivity index (χ2n) is 7.66. The van der Waals surface area contributed by atoms with Crippen LogP contribution in [0.25, 0.3) is 6.08 Å². The topological polar surface area (TPSA) is 79.9 Å². The molecule has 0 saturated carbocycles. The van der Waals surface area contributed by atoms with Crippen LogP contribution >= 0.6 is 74.7 Å². The number of ether oxygens (including phenoxy) is 2. The number of hydrogen-bond donors (Lipinski definition) is 2. The first kappa shape index (κ1) is 28.5. The standard InChI is InChI=1S/C25H17BrCl3N3O4S2/c1-35-20-9-14(8-17(26)22(20)36-12-13-2-4-15(27)5-3-13)10-21-23(33)32(25(37)38-21)31-24(34)30-16-6-7-18(28)19(29)11-16/h2-11H,12H2,1H3,(H2,30,31,34)/b21-10+. The number of methoxy groups -OCH3 is 1. The van der Waals surface area contributed by atoms with Gasteiger partial charge in [0.05, 0.1) is 26.5 Å². The van der Waals surface area contributed by atoms with Gasteiger partial charge in [-0.15, -0.1) is 0 Å². The van der Waals surface area contributed by atoms with E-state index in [2.05, 4.69) is 26.7 Å². The van der Waals surface area contributed by atoms with Gasteiger partial charge in [-0.25, -0.2) is 10.2 Å². The fraction of sp³-hybridized carbons (Fsp3) is 0.0800. The molecule has 7 nitrogen and oxygen atoms in total. The summed E-state index contributed by atoms with van der Waals surface area (Å²) >= 11 is 27.7. The highest BCUT2D eigenvalue weighted by atomic mass is 79.9. The predicted molar refractivity (Wildman–Crippen MR) is 160 cm³/mol. The van der Waals surface area contributed by atoms with Crippen LogP contribution in [-0.2, 0) is 11.4 Å². The summed E-state index contributed by atoms with van der Waals surface area (Å²) in [6, 6.07) is 14.8. The zero-order chi connectivity index (χ0) is 27.4. The SMILES string of the molecule is COc1cc(/C=C2/SC(=S)N(NC(=O)Nc3ccc(Cl)c(Cl)c3)C2=O)cc(Br)c1OCc1ccc(Cl)cc1. The van der Waals surface area contributed by atoms with E-state index in [1.807, 2.05) is 12.1 Å². The number of amides is 3. The lowest BCUT2D eigenvalue weighted by Crippen LogP contribution is -2.46. The number of rotatable bonds is 7. The number of thiocarbonyl (C=S) groups is 1. The lowest BCUT2D eigenvalue weighted by atomic mass is 10.1. The maximum absolute atomic E-state index is 13.0. The van der Waals surface area contributed by atoms with Crippen LogP contribution in [0.15, 0.2) is 64.0 Å². The van der Waals surface area contributed by atoms with E-state index in [0.717, 1.165) is 22.3 Å². The number of carbonyl (C=O) groups excluding carboxylic acids is 2. The van der Waals surface area contributed by atoms with E-state index < -0.39 is 11.9 Å². The molecule has 0 aromatic heterocycles. The molecule has 3 aromatic carbocycles. The summed E-state index contributed by atoms with van der Waals surface area (Å²) in [6.07, 6.45) is 1.65. The third-order valence-corrected chi connectivity index (χ3v) is 7.91. The molecule has 1 aliphatic heterocycles. The van der Waals surface area contributed by atoms with Gasteiger partial charge in [0.15, 0.2) is 15.8 Å². The molecule has 0 unspecified atom stereocenters. The van der Waals surface area contributed by atoms with Gasteiger partial charge in [-0.3, -0.25) is 4.79 Å². The van der Waals surface area contributed by atoms with Crippen molar-refractivity contribution >= 4 is 103 Å². The van der Waals surface area contributed by atoms with Gasteiger partial charge in [-0.1, -0.05) is 58.7 Å². The van der Waals surface area contributed by atoms with Crippen molar-refractivity contribution in [1.82, 2.24) is 10.4 Å². The summed E-state index contributed by atoms with van der Waals surface area (Å²) in [7, 11) is 1.52. The zero-order valence-electron chi connectivity index (χ0n) is 19.4. The lowest BCUT2D eigenvalue weighted by molar-refractivity contribution is -0.123. The average molecular weight is 674 g/mol. The fourth-order valence-electron chi connectivity index (χ4n) is 3.25. The highest BCUT2D eigenvalue weighted by Gasteiger charge is 2.33. The van der Waals surface area contributed by atoms with Gasteiger partial charge in [0.2, 0.25) is 0 Å². The maximum Gasteiger partial charge on any atom is 0.338 e. The molecule has 196 valence electrons. The molecule has 13 heteroatoms. The zero-order valence-corrected chi connectivity index (χ0v) is 24.9. The van der Waals surface area contributed by atoms with Crippen molar-refractivity contribution in [1.29, 1.82) is 0 Å². The summed E-state index contributed by atoms with van der Waals surface area (Å²) in [5, 5.41) is 4.85. The Morgan fingerprint density at radius 3 is 2.53 bits per heavy atom. The average Bonchev–Trinajstić information content (AvgIpc) is 3.13. The lowest BCUT2D eigenvalue weighted by Gasteiger charge is -2.16. The fourth-order valence-corrected chi connectivity index (χ4v) is 5.43. The molecule has 0 aliphatic carbocycles. The van der Waals surface area contributed by atoms with Crippen LogP contribution in [0.5, 0.6) is 11.5 Å². The molecule has 1 fully saturated rings. The van der Waals surface area contributed by atoms with Crippen LogP contribution in [0.4, 0.5) is 10.5 Å². The first-order valence-corrected chi connectivity index (χ1v) is 13.8. The minimum Gasteiger partial charge on any atom is -0.493 e. The van der Waals surface area contributed by atoms with Crippen molar-refractivity contribution in [2.45, 2.75) is 6.61 Å². The predicted octanol–water partition coefficient (Wildman–Crippen LogP) is 7.93. The van der Waals surface area contributed by atoms with E-state index in [9.17, 15) is 9.59 Å². The minimum absolute atomic E-state index is 0.166. The van der Waals surface area contributed by atoms with Crippen molar-refractivity contribution in [2.75, 3.05) is 12.4 Å². The van der Waals surface area contributed by atoms with Gasteiger partial charge >= 0.3 is 6.03 Å². The first-order valence-electron chi connectivity index (χ1n) is 10.7. The van der Waals surface area contributed by atoms with Crippen LogP contribution in [0.3, 0.4) is 0 Å². The largest absolute Gasteiger partial charge is 0.493 e. The number of urea groups is 1. The number of hydrazine groups is 1. The molecule has 0 atom stereocenters. The van der Waals surface area contributed by atoms with E-state index in [-0.39, 0.29) is 9.34 Å². The van der Waals surface area contributed by atoms with Crippen molar-refractivity contribution in [3.05, 3.63) is 90.2 Å².